The summed E-state index contributed by atoms with van der Waals surface area (Å²) < 4.78 is 5.76. The smallest absolute Gasteiger partial charge is 0.288 e. The molecule has 1 unspecified atom stereocenters. The average molecular weight is 273 g/mol. The Morgan fingerprint density at radius 1 is 1.73 bits per heavy atom. The molecule has 0 aromatic carbocycles. The van der Waals surface area contributed by atoms with Crippen molar-refractivity contribution in [3.05, 3.63) is 22.6 Å². The Labute approximate surface area is 96.5 Å². The molecule has 1 fully saturated rings. The summed E-state index contributed by atoms with van der Waals surface area (Å²) in [4.78, 5) is 11.6. The minimum atomic E-state index is -0.166. The monoisotopic (exact) mass is 272 g/mol. The molecule has 5 heteroatoms. The number of carbonyl (C=O) groups excluding carboxylic acids is 1. The predicted octanol–water partition coefficient (Wildman–Crippen LogP) is 1.52. The summed E-state index contributed by atoms with van der Waals surface area (Å²) in [5.41, 5.74) is 0. The minimum Gasteiger partial charge on any atom is -0.458 e. The van der Waals surface area contributed by atoms with Gasteiger partial charge in [-0.25, -0.2) is 0 Å². The van der Waals surface area contributed by atoms with Crippen LogP contribution in [0.2, 0.25) is 0 Å². The second-order valence-electron chi connectivity index (χ2n) is 3.60. The van der Waals surface area contributed by atoms with E-state index in [-0.39, 0.29) is 5.91 Å². The van der Waals surface area contributed by atoms with Crippen LogP contribution in [0.15, 0.2) is 21.2 Å². The second-order valence-corrected chi connectivity index (χ2v) is 4.46. The quantitative estimate of drug-likeness (QED) is 0.878. The second kappa shape index (κ2) is 4.81. The lowest BCUT2D eigenvalue weighted by Gasteiger charge is -2.10. The maximum absolute atomic E-state index is 11.6. The third kappa shape index (κ3) is 2.60. The lowest BCUT2D eigenvalue weighted by Crippen LogP contribution is -2.37. The zero-order valence-electron chi connectivity index (χ0n) is 8.25. The van der Waals surface area contributed by atoms with Crippen LogP contribution in [-0.4, -0.2) is 25.0 Å². The lowest BCUT2D eigenvalue weighted by atomic mass is 10.2. The zero-order valence-corrected chi connectivity index (χ0v) is 9.84. The maximum Gasteiger partial charge on any atom is 0.288 e. The molecule has 2 N–H and O–H groups in total. The minimum absolute atomic E-state index is 0.166. The van der Waals surface area contributed by atoms with Crippen molar-refractivity contribution in [2.75, 3.05) is 13.1 Å². The molecule has 1 aromatic rings. The summed E-state index contributed by atoms with van der Waals surface area (Å²) in [6.45, 7) is 1.71. The number of carbonyl (C=O) groups is 1. The summed E-state index contributed by atoms with van der Waals surface area (Å²) >= 11 is 3.25. The highest BCUT2D eigenvalue weighted by molar-refractivity contribution is 9.10. The largest absolute Gasteiger partial charge is 0.458 e. The topological polar surface area (TPSA) is 54.3 Å². The van der Waals surface area contributed by atoms with E-state index in [1.807, 2.05) is 0 Å². The zero-order chi connectivity index (χ0) is 10.7. The highest BCUT2D eigenvalue weighted by Crippen LogP contribution is 2.17. The molecule has 1 aliphatic heterocycles. The highest BCUT2D eigenvalue weighted by Gasteiger charge is 2.17. The molecule has 0 saturated carbocycles. The average Bonchev–Trinajstić information content (AvgIpc) is 2.84. The molecule has 1 aliphatic rings. The molecule has 0 aliphatic carbocycles. The number of furan rings is 1. The molecule has 0 spiro atoms. The number of amides is 1. The van der Waals surface area contributed by atoms with Gasteiger partial charge in [-0.3, -0.25) is 4.79 Å². The normalized spacial score (nSPS) is 20.5. The Kier molecular flexibility index (Phi) is 3.43. The molecule has 1 amide bonds. The van der Waals surface area contributed by atoms with Gasteiger partial charge in [0.1, 0.15) is 0 Å². The van der Waals surface area contributed by atoms with Crippen molar-refractivity contribution in [1.82, 2.24) is 10.6 Å². The van der Waals surface area contributed by atoms with E-state index in [0.29, 0.717) is 22.8 Å². The van der Waals surface area contributed by atoms with Crippen LogP contribution in [0.4, 0.5) is 0 Å². The number of hydrogen-bond acceptors (Lipinski definition) is 3. The summed E-state index contributed by atoms with van der Waals surface area (Å²) in [5, 5.41) is 6.16. The Balaban J connectivity index is 1.84. The number of halogens is 1. The first-order chi connectivity index (χ1) is 7.27. The van der Waals surface area contributed by atoms with Crippen LogP contribution in [0.1, 0.15) is 23.4 Å². The van der Waals surface area contributed by atoms with Gasteiger partial charge in [-0.05, 0) is 41.4 Å². The summed E-state index contributed by atoms with van der Waals surface area (Å²) in [6.07, 6.45) is 3.80. The van der Waals surface area contributed by atoms with E-state index in [2.05, 4.69) is 26.6 Å². The first kappa shape index (κ1) is 10.7. The Morgan fingerprint density at radius 2 is 2.60 bits per heavy atom. The Morgan fingerprint density at radius 3 is 3.20 bits per heavy atom. The van der Waals surface area contributed by atoms with Crippen molar-refractivity contribution in [2.24, 2.45) is 0 Å². The van der Waals surface area contributed by atoms with Crippen LogP contribution in [0.3, 0.4) is 0 Å². The summed E-state index contributed by atoms with van der Waals surface area (Å²) in [6, 6.07) is 2.12. The van der Waals surface area contributed by atoms with Gasteiger partial charge in [0, 0.05) is 12.6 Å². The molecule has 2 rings (SSSR count). The number of rotatable bonds is 3. The van der Waals surface area contributed by atoms with Gasteiger partial charge in [0.2, 0.25) is 5.76 Å². The van der Waals surface area contributed by atoms with Crippen LogP contribution in [0, 0.1) is 0 Å². The van der Waals surface area contributed by atoms with E-state index >= 15 is 0 Å². The highest BCUT2D eigenvalue weighted by atomic mass is 79.9. The molecule has 1 saturated heterocycles. The van der Waals surface area contributed by atoms with Crippen LogP contribution in [0.25, 0.3) is 0 Å². The predicted molar refractivity (Wildman–Crippen MR) is 59.8 cm³/mol. The van der Waals surface area contributed by atoms with Gasteiger partial charge in [0.25, 0.3) is 5.91 Å². The van der Waals surface area contributed by atoms with E-state index in [1.165, 1.54) is 12.7 Å². The molecule has 4 nitrogen and oxygen atoms in total. The van der Waals surface area contributed by atoms with E-state index in [4.69, 9.17) is 4.42 Å². The van der Waals surface area contributed by atoms with E-state index < -0.39 is 0 Å². The fourth-order valence-corrected chi connectivity index (χ4v) is 2.06. The van der Waals surface area contributed by atoms with Crippen molar-refractivity contribution >= 4 is 21.8 Å². The Bertz CT molecular complexity index is 345. The fraction of sp³-hybridized carbons (Fsp3) is 0.500. The van der Waals surface area contributed by atoms with Gasteiger partial charge in [0.05, 0.1) is 10.7 Å². The van der Waals surface area contributed by atoms with Gasteiger partial charge in [-0.1, -0.05) is 0 Å². The van der Waals surface area contributed by atoms with E-state index in [0.717, 1.165) is 13.0 Å². The fourth-order valence-electron chi connectivity index (χ4n) is 1.68. The van der Waals surface area contributed by atoms with Crippen molar-refractivity contribution in [1.29, 1.82) is 0 Å². The lowest BCUT2D eigenvalue weighted by molar-refractivity contribution is 0.0921. The van der Waals surface area contributed by atoms with Crippen molar-refractivity contribution < 1.29 is 9.21 Å². The standard InChI is InChI=1S/C10H13BrN2O2/c11-8-3-5-15-9(8)10(14)13-6-7-2-1-4-12-7/h3,5,7,12H,1-2,4,6H2,(H,13,14). The van der Waals surface area contributed by atoms with Gasteiger partial charge >= 0.3 is 0 Å². The number of hydrogen-bond donors (Lipinski definition) is 2. The maximum atomic E-state index is 11.6. The van der Waals surface area contributed by atoms with Crippen molar-refractivity contribution in [2.45, 2.75) is 18.9 Å². The van der Waals surface area contributed by atoms with Crippen molar-refractivity contribution in [3.8, 4) is 0 Å². The molecular weight excluding hydrogens is 260 g/mol. The van der Waals surface area contributed by atoms with E-state index in [9.17, 15) is 4.79 Å². The van der Waals surface area contributed by atoms with Gasteiger partial charge < -0.3 is 15.1 Å². The Hall–Kier alpha value is -0.810. The third-order valence-corrected chi connectivity index (χ3v) is 3.12. The van der Waals surface area contributed by atoms with Crippen molar-refractivity contribution in [3.63, 3.8) is 0 Å². The molecule has 1 atom stereocenters. The molecule has 2 heterocycles. The molecule has 0 bridgehead atoms. The summed E-state index contributed by atoms with van der Waals surface area (Å²) in [5.74, 6) is 0.175. The van der Waals surface area contributed by atoms with Crippen LogP contribution < -0.4 is 10.6 Å². The van der Waals surface area contributed by atoms with Crippen LogP contribution >= 0.6 is 15.9 Å². The van der Waals surface area contributed by atoms with Crippen LogP contribution in [-0.2, 0) is 0 Å². The number of nitrogens with one attached hydrogen (secondary N) is 2. The van der Waals surface area contributed by atoms with Gasteiger partial charge in [0.15, 0.2) is 0 Å². The SMILES string of the molecule is O=C(NCC1CCCN1)c1occc1Br. The molecule has 0 radical (unpaired) electrons. The molecule has 15 heavy (non-hydrogen) atoms. The van der Waals surface area contributed by atoms with Gasteiger partial charge in [-0.15, -0.1) is 0 Å². The first-order valence-corrected chi connectivity index (χ1v) is 5.81. The van der Waals surface area contributed by atoms with Crippen LogP contribution in [0.5, 0.6) is 0 Å². The third-order valence-electron chi connectivity index (χ3n) is 2.49. The molecule has 82 valence electrons. The molecular formula is C10H13BrN2O2. The molecule has 1 aromatic heterocycles. The van der Waals surface area contributed by atoms with Gasteiger partial charge in [-0.2, -0.15) is 0 Å². The first-order valence-electron chi connectivity index (χ1n) is 5.02. The van der Waals surface area contributed by atoms with E-state index in [1.54, 1.807) is 6.07 Å². The summed E-state index contributed by atoms with van der Waals surface area (Å²) in [7, 11) is 0.